The maximum absolute atomic E-state index is 13.3. The molecule has 1 saturated heterocycles. The smallest absolute Gasteiger partial charge is 0.267 e. The van der Waals surface area contributed by atoms with Crippen molar-refractivity contribution in [2.24, 2.45) is 5.73 Å². The fourth-order valence-electron chi connectivity index (χ4n) is 3.47. The van der Waals surface area contributed by atoms with Crippen LogP contribution in [0.4, 0.5) is 8.78 Å². The molecule has 0 aliphatic carbocycles. The van der Waals surface area contributed by atoms with Crippen LogP contribution in [0.5, 0.6) is 0 Å². The average molecular weight is 456 g/mol. The number of nitrogens with zero attached hydrogens (tertiary/aromatic N) is 1. The number of benzene rings is 2. The zero-order valence-corrected chi connectivity index (χ0v) is 18.1. The Balaban J connectivity index is 1.58. The standard InChI is InChI=1S/C24H26F2N4O3/c1-16(27)21(23(32)29-33)28-22(31)20-10-8-18(9-11-20)3-2-17-4-6-19(7-5-17)14-30-13-12-24(25,26)15-30/h4-11,16,21,33H,12-15,27H2,1H3,(H,28,31)(H,29,32)/t16-,21?/m1/s1. The molecule has 33 heavy (non-hydrogen) atoms. The lowest BCUT2D eigenvalue weighted by Gasteiger charge is -2.20. The zero-order valence-electron chi connectivity index (χ0n) is 18.1. The highest BCUT2D eigenvalue weighted by molar-refractivity contribution is 5.97. The third-order valence-electron chi connectivity index (χ3n) is 5.31. The van der Waals surface area contributed by atoms with Gasteiger partial charge in [-0.05, 0) is 48.9 Å². The van der Waals surface area contributed by atoms with Crippen LogP contribution in [0.2, 0.25) is 0 Å². The molecule has 2 aromatic rings. The predicted octanol–water partition coefficient (Wildman–Crippen LogP) is 1.88. The number of rotatable bonds is 6. The van der Waals surface area contributed by atoms with Crippen LogP contribution in [0.25, 0.3) is 0 Å². The number of hydrogen-bond donors (Lipinski definition) is 4. The second-order valence-electron chi connectivity index (χ2n) is 8.13. The molecule has 0 aromatic heterocycles. The zero-order chi connectivity index (χ0) is 24.0. The van der Waals surface area contributed by atoms with Crippen LogP contribution in [0.15, 0.2) is 48.5 Å². The lowest BCUT2D eigenvalue weighted by molar-refractivity contribution is -0.131. The Hall–Kier alpha value is -3.32. The second-order valence-corrected chi connectivity index (χ2v) is 8.13. The van der Waals surface area contributed by atoms with Crippen LogP contribution in [0.3, 0.4) is 0 Å². The van der Waals surface area contributed by atoms with E-state index in [2.05, 4.69) is 17.2 Å². The van der Waals surface area contributed by atoms with Gasteiger partial charge >= 0.3 is 0 Å². The molecule has 1 aliphatic heterocycles. The highest BCUT2D eigenvalue weighted by Crippen LogP contribution is 2.27. The Bertz CT molecular complexity index is 1040. The topological polar surface area (TPSA) is 108 Å². The van der Waals surface area contributed by atoms with Crippen LogP contribution in [0, 0.1) is 11.8 Å². The lowest BCUT2D eigenvalue weighted by Crippen LogP contribution is -2.54. The van der Waals surface area contributed by atoms with Crippen molar-refractivity contribution in [1.29, 1.82) is 0 Å². The first kappa shape index (κ1) is 24.3. The quantitative estimate of drug-likeness (QED) is 0.302. The van der Waals surface area contributed by atoms with Gasteiger partial charge in [-0.15, -0.1) is 0 Å². The molecule has 2 atom stereocenters. The number of likely N-dealkylation sites (tertiary alicyclic amines) is 1. The molecule has 2 aromatic carbocycles. The number of nitrogens with one attached hydrogen (secondary N) is 2. The van der Waals surface area contributed by atoms with E-state index in [0.717, 1.165) is 11.1 Å². The number of hydrogen-bond acceptors (Lipinski definition) is 5. The maximum Gasteiger partial charge on any atom is 0.267 e. The van der Waals surface area contributed by atoms with Crippen molar-refractivity contribution in [2.75, 3.05) is 13.1 Å². The summed E-state index contributed by atoms with van der Waals surface area (Å²) in [6.07, 6.45) is -0.0955. The molecule has 7 nitrogen and oxygen atoms in total. The number of carbonyl (C=O) groups is 2. The summed E-state index contributed by atoms with van der Waals surface area (Å²) in [6.45, 7) is 2.21. The molecule has 9 heteroatoms. The third kappa shape index (κ3) is 6.83. The molecular formula is C24H26F2N4O3. The van der Waals surface area contributed by atoms with Gasteiger partial charge in [-0.3, -0.25) is 19.7 Å². The number of hydroxylamine groups is 1. The Kier molecular flexibility index (Phi) is 7.76. The van der Waals surface area contributed by atoms with Gasteiger partial charge in [0.15, 0.2) is 0 Å². The molecular weight excluding hydrogens is 430 g/mol. The average Bonchev–Trinajstić information content (AvgIpc) is 3.14. The van der Waals surface area contributed by atoms with Crippen molar-refractivity contribution in [3.8, 4) is 11.8 Å². The van der Waals surface area contributed by atoms with Crippen molar-refractivity contribution in [1.82, 2.24) is 15.7 Å². The van der Waals surface area contributed by atoms with Gasteiger partial charge in [-0.25, -0.2) is 14.3 Å². The van der Waals surface area contributed by atoms with Crippen molar-refractivity contribution in [2.45, 2.75) is 37.9 Å². The Morgan fingerprint density at radius 1 is 1.12 bits per heavy atom. The number of alkyl halides is 2. The van der Waals surface area contributed by atoms with E-state index in [0.29, 0.717) is 24.2 Å². The number of halogens is 2. The molecule has 0 saturated carbocycles. The molecule has 1 fully saturated rings. The molecule has 2 amide bonds. The molecule has 3 rings (SSSR count). The summed E-state index contributed by atoms with van der Waals surface area (Å²) in [5.74, 6) is 2.13. The Morgan fingerprint density at radius 3 is 2.18 bits per heavy atom. The van der Waals surface area contributed by atoms with E-state index in [-0.39, 0.29) is 13.0 Å². The third-order valence-corrected chi connectivity index (χ3v) is 5.31. The highest BCUT2D eigenvalue weighted by atomic mass is 19.3. The van der Waals surface area contributed by atoms with E-state index in [1.54, 1.807) is 29.2 Å². The van der Waals surface area contributed by atoms with Gasteiger partial charge in [0.25, 0.3) is 17.7 Å². The van der Waals surface area contributed by atoms with Gasteiger partial charge < -0.3 is 11.1 Å². The number of carbonyl (C=O) groups excluding carboxylic acids is 2. The summed E-state index contributed by atoms with van der Waals surface area (Å²) < 4.78 is 26.6. The molecule has 0 radical (unpaired) electrons. The first-order chi connectivity index (χ1) is 15.7. The largest absolute Gasteiger partial charge is 0.339 e. The first-order valence-corrected chi connectivity index (χ1v) is 10.5. The molecule has 5 N–H and O–H groups in total. The molecule has 0 bridgehead atoms. The van der Waals surface area contributed by atoms with E-state index in [9.17, 15) is 18.4 Å². The normalized spacial score (nSPS) is 16.9. The van der Waals surface area contributed by atoms with Crippen molar-refractivity contribution in [3.05, 3.63) is 70.8 Å². The van der Waals surface area contributed by atoms with E-state index < -0.39 is 29.8 Å². The fourth-order valence-corrected chi connectivity index (χ4v) is 3.47. The van der Waals surface area contributed by atoms with E-state index in [1.807, 2.05) is 24.3 Å². The lowest BCUT2D eigenvalue weighted by atomic mass is 10.1. The van der Waals surface area contributed by atoms with Gasteiger partial charge in [0.05, 0.1) is 6.54 Å². The summed E-state index contributed by atoms with van der Waals surface area (Å²) in [7, 11) is 0. The van der Waals surface area contributed by atoms with Crippen LogP contribution in [0.1, 0.15) is 40.4 Å². The number of nitrogens with two attached hydrogens (primary N) is 1. The molecule has 174 valence electrons. The van der Waals surface area contributed by atoms with Gasteiger partial charge in [0.1, 0.15) is 6.04 Å². The van der Waals surface area contributed by atoms with Crippen molar-refractivity contribution in [3.63, 3.8) is 0 Å². The van der Waals surface area contributed by atoms with Crippen LogP contribution >= 0.6 is 0 Å². The maximum atomic E-state index is 13.3. The minimum atomic E-state index is -2.60. The van der Waals surface area contributed by atoms with Crippen LogP contribution in [-0.2, 0) is 11.3 Å². The van der Waals surface area contributed by atoms with Crippen LogP contribution in [-0.4, -0.2) is 53.0 Å². The molecule has 0 spiro atoms. The molecule has 1 heterocycles. The minimum absolute atomic E-state index is 0.0955. The molecule has 1 aliphatic rings. The van der Waals surface area contributed by atoms with Crippen molar-refractivity contribution < 1.29 is 23.6 Å². The summed E-state index contributed by atoms with van der Waals surface area (Å²) >= 11 is 0. The van der Waals surface area contributed by atoms with E-state index >= 15 is 0 Å². The summed E-state index contributed by atoms with van der Waals surface area (Å²) in [6, 6.07) is 12.2. The van der Waals surface area contributed by atoms with E-state index in [4.69, 9.17) is 10.9 Å². The first-order valence-electron chi connectivity index (χ1n) is 10.5. The van der Waals surface area contributed by atoms with Gasteiger partial charge in [-0.1, -0.05) is 24.0 Å². The Morgan fingerprint density at radius 2 is 1.70 bits per heavy atom. The SMILES string of the molecule is C[C@@H](N)C(NC(=O)c1ccc(C#Cc2ccc(CN3CCC(F)(F)C3)cc2)cc1)C(=O)NO. The van der Waals surface area contributed by atoms with Gasteiger partial charge in [0, 0.05) is 42.2 Å². The fraction of sp³-hybridized carbons (Fsp3) is 0.333. The summed E-state index contributed by atoms with van der Waals surface area (Å²) in [5.41, 5.74) is 9.90. The minimum Gasteiger partial charge on any atom is -0.339 e. The Labute approximate surface area is 190 Å². The van der Waals surface area contributed by atoms with Gasteiger partial charge in [0.2, 0.25) is 0 Å². The second kappa shape index (κ2) is 10.5. The number of amides is 2. The van der Waals surface area contributed by atoms with Crippen molar-refractivity contribution >= 4 is 11.8 Å². The highest BCUT2D eigenvalue weighted by Gasteiger charge is 2.37. The van der Waals surface area contributed by atoms with Crippen LogP contribution < -0.4 is 16.5 Å². The predicted molar refractivity (Wildman–Crippen MR) is 119 cm³/mol. The van der Waals surface area contributed by atoms with E-state index in [1.165, 1.54) is 12.4 Å². The van der Waals surface area contributed by atoms with Gasteiger partial charge in [-0.2, -0.15) is 0 Å². The summed E-state index contributed by atoms with van der Waals surface area (Å²) in [4.78, 5) is 25.7. The summed E-state index contributed by atoms with van der Waals surface area (Å²) in [5, 5.41) is 11.3. The monoisotopic (exact) mass is 456 g/mol. The molecule has 1 unspecified atom stereocenters.